The lowest BCUT2D eigenvalue weighted by Crippen LogP contribution is -2.33. The van der Waals surface area contributed by atoms with Crippen molar-refractivity contribution in [1.29, 1.82) is 0 Å². The molecule has 0 aliphatic carbocycles. The van der Waals surface area contributed by atoms with Crippen LogP contribution in [-0.4, -0.2) is 38.1 Å². The highest BCUT2D eigenvalue weighted by atomic mass is 16.5. The fraction of sp³-hybridized carbons (Fsp3) is 0.292. The van der Waals surface area contributed by atoms with Crippen molar-refractivity contribution in [3.05, 3.63) is 66.2 Å². The lowest BCUT2D eigenvalue weighted by Gasteiger charge is -2.26. The quantitative estimate of drug-likeness (QED) is 0.667. The minimum Gasteiger partial charge on any atom is -0.497 e. The third-order valence-electron chi connectivity index (χ3n) is 5.57. The van der Waals surface area contributed by atoms with E-state index in [1.165, 1.54) is 0 Å². The molecule has 1 fully saturated rings. The normalized spacial score (nSPS) is 16.7. The Hall–Kier alpha value is -3.05. The number of hydrogen-bond acceptors (Lipinski definition) is 4. The van der Waals surface area contributed by atoms with Crippen LogP contribution in [0.25, 0.3) is 10.8 Å². The summed E-state index contributed by atoms with van der Waals surface area (Å²) in [5.41, 5.74) is 1.95. The summed E-state index contributed by atoms with van der Waals surface area (Å²) >= 11 is 0. The first kappa shape index (κ1) is 19.3. The number of methoxy groups -OCH3 is 2. The van der Waals surface area contributed by atoms with E-state index in [0.29, 0.717) is 6.54 Å². The van der Waals surface area contributed by atoms with Gasteiger partial charge in [0.05, 0.1) is 20.8 Å². The van der Waals surface area contributed by atoms with E-state index in [2.05, 4.69) is 22.3 Å². The Balaban J connectivity index is 1.51. The monoisotopic (exact) mass is 390 g/mol. The highest BCUT2D eigenvalue weighted by Gasteiger charge is 2.30. The van der Waals surface area contributed by atoms with E-state index in [4.69, 9.17) is 9.47 Å². The van der Waals surface area contributed by atoms with E-state index in [-0.39, 0.29) is 11.9 Å². The minimum atomic E-state index is 0.000677. The average molecular weight is 390 g/mol. The molecule has 0 radical (unpaired) electrons. The molecule has 3 aromatic carbocycles. The molecule has 1 aliphatic heterocycles. The van der Waals surface area contributed by atoms with E-state index in [9.17, 15) is 4.79 Å². The molecule has 1 saturated heterocycles. The Kier molecular flexibility index (Phi) is 5.67. The molecule has 1 amide bonds. The van der Waals surface area contributed by atoms with E-state index in [0.717, 1.165) is 52.9 Å². The van der Waals surface area contributed by atoms with Crippen molar-refractivity contribution in [3.63, 3.8) is 0 Å². The average Bonchev–Trinajstić information content (AvgIpc) is 3.21. The summed E-state index contributed by atoms with van der Waals surface area (Å²) in [6.45, 7) is 1.24. The predicted molar refractivity (Wildman–Crippen MR) is 116 cm³/mol. The van der Waals surface area contributed by atoms with Gasteiger partial charge in [-0.15, -0.1) is 0 Å². The molecule has 0 aromatic heterocycles. The number of nitrogens with zero attached hydrogens (tertiary/aromatic N) is 1. The first-order valence-corrected chi connectivity index (χ1v) is 9.93. The van der Waals surface area contributed by atoms with Crippen LogP contribution < -0.4 is 14.8 Å². The third kappa shape index (κ3) is 4.05. The number of amides is 1. The number of likely N-dealkylation sites (tertiary alicyclic amines) is 1. The van der Waals surface area contributed by atoms with Crippen LogP contribution in [0.3, 0.4) is 0 Å². The van der Waals surface area contributed by atoms with E-state index in [1.807, 2.05) is 48.5 Å². The van der Waals surface area contributed by atoms with Crippen LogP contribution in [0.4, 0.5) is 5.69 Å². The maximum Gasteiger partial charge on any atom is 0.238 e. The van der Waals surface area contributed by atoms with Gasteiger partial charge in [0.15, 0.2) is 0 Å². The molecule has 1 N–H and O–H groups in total. The Bertz CT molecular complexity index is 1010. The summed E-state index contributed by atoms with van der Waals surface area (Å²) in [4.78, 5) is 15.1. The van der Waals surface area contributed by atoms with Crippen LogP contribution in [-0.2, 0) is 4.79 Å². The Labute approximate surface area is 171 Å². The number of nitrogens with one attached hydrogen (secondary N) is 1. The standard InChI is InChI=1S/C24H26N2O3/c1-28-18-12-13-20(23(15-18)29-2)22-11-6-14-26(22)16-24(27)25-21-10-5-8-17-7-3-4-9-19(17)21/h3-5,7-10,12-13,15,22H,6,11,14,16H2,1-2H3,(H,25,27). The zero-order chi connectivity index (χ0) is 20.2. The second-order valence-electron chi connectivity index (χ2n) is 7.31. The molecule has 5 nitrogen and oxygen atoms in total. The molecular formula is C24H26N2O3. The van der Waals surface area contributed by atoms with Crippen molar-refractivity contribution in [1.82, 2.24) is 4.90 Å². The Morgan fingerprint density at radius 2 is 1.90 bits per heavy atom. The van der Waals surface area contributed by atoms with Crippen LogP contribution in [0.5, 0.6) is 11.5 Å². The second-order valence-corrected chi connectivity index (χ2v) is 7.31. The number of carbonyl (C=O) groups excluding carboxylic acids is 1. The van der Waals surface area contributed by atoms with Gasteiger partial charge < -0.3 is 14.8 Å². The molecule has 1 aliphatic rings. The van der Waals surface area contributed by atoms with Gasteiger partial charge >= 0.3 is 0 Å². The van der Waals surface area contributed by atoms with Crippen LogP contribution >= 0.6 is 0 Å². The zero-order valence-electron chi connectivity index (χ0n) is 16.9. The van der Waals surface area contributed by atoms with E-state index >= 15 is 0 Å². The number of rotatable bonds is 6. The van der Waals surface area contributed by atoms with Gasteiger partial charge in [0.25, 0.3) is 0 Å². The van der Waals surface area contributed by atoms with Crippen molar-refractivity contribution in [2.24, 2.45) is 0 Å². The van der Waals surface area contributed by atoms with Gasteiger partial charge in [0.1, 0.15) is 11.5 Å². The number of fused-ring (bicyclic) bond motifs is 1. The predicted octanol–water partition coefficient (Wildman–Crippen LogP) is 4.63. The highest BCUT2D eigenvalue weighted by Crippen LogP contribution is 2.38. The summed E-state index contributed by atoms with van der Waals surface area (Å²) < 4.78 is 10.9. The van der Waals surface area contributed by atoms with Gasteiger partial charge in [-0.05, 0) is 36.9 Å². The molecule has 1 atom stereocenters. The summed E-state index contributed by atoms with van der Waals surface area (Å²) in [6, 6.07) is 20.1. The van der Waals surface area contributed by atoms with Gasteiger partial charge in [-0.2, -0.15) is 0 Å². The number of carbonyl (C=O) groups is 1. The molecule has 0 saturated carbocycles. The Morgan fingerprint density at radius 3 is 2.72 bits per heavy atom. The molecule has 1 heterocycles. The zero-order valence-corrected chi connectivity index (χ0v) is 16.9. The van der Waals surface area contributed by atoms with E-state index < -0.39 is 0 Å². The lowest BCUT2D eigenvalue weighted by molar-refractivity contribution is -0.117. The lowest BCUT2D eigenvalue weighted by atomic mass is 10.0. The molecule has 0 bridgehead atoms. The summed E-state index contributed by atoms with van der Waals surface area (Å²) in [5.74, 6) is 1.57. The van der Waals surface area contributed by atoms with Gasteiger partial charge in [-0.1, -0.05) is 42.5 Å². The van der Waals surface area contributed by atoms with Crippen molar-refractivity contribution in [2.45, 2.75) is 18.9 Å². The van der Waals surface area contributed by atoms with Gasteiger partial charge in [-0.25, -0.2) is 0 Å². The minimum absolute atomic E-state index is 0.000677. The van der Waals surface area contributed by atoms with Gasteiger partial charge in [0.2, 0.25) is 5.91 Å². The van der Waals surface area contributed by atoms with Crippen LogP contribution in [0.15, 0.2) is 60.7 Å². The van der Waals surface area contributed by atoms with E-state index in [1.54, 1.807) is 14.2 Å². The highest BCUT2D eigenvalue weighted by molar-refractivity contribution is 6.02. The van der Waals surface area contributed by atoms with Crippen LogP contribution in [0.1, 0.15) is 24.4 Å². The molecule has 0 spiro atoms. The molecular weight excluding hydrogens is 364 g/mol. The first-order valence-electron chi connectivity index (χ1n) is 9.93. The summed E-state index contributed by atoms with van der Waals surface area (Å²) in [5, 5.41) is 5.27. The largest absolute Gasteiger partial charge is 0.497 e. The van der Waals surface area contributed by atoms with Gasteiger partial charge in [-0.3, -0.25) is 9.69 Å². The van der Waals surface area contributed by atoms with Crippen molar-refractivity contribution < 1.29 is 14.3 Å². The third-order valence-corrected chi connectivity index (χ3v) is 5.57. The number of anilines is 1. The maximum absolute atomic E-state index is 12.8. The smallest absolute Gasteiger partial charge is 0.238 e. The fourth-order valence-electron chi connectivity index (χ4n) is 4.17. The summed E-state index contributed by atoms with van der Waals surface area (Å²) in [6.07, 6.45) is 2.06. The first-order chi connectivity index (χ1) is 14.2. The molecule has 150 valence electrons. The number of ether oxygens (including phenoxy) is 2. The van der Waals surface area contributed by atoms with Crippen LogP contribution in [0.2, 0.25) is 0 Å². The number of hydrogen-bond donors (Lipinski definition) is 1. The van der Waals surface area contributed by atoms with Crippen LogP contribution in [0, 0.1) is 0 Å². The van der Waals surface area contributed by atoms with Gasteiger partial charge in [0, 0.05) is 28.7 Å². The van der Waals surface area contributed by atoms with Crippen molar-refractivity contribution >= 4 is 22.4 Å². The topological polar surface area (TPSA) is 50.8 Å². The second kappa shape index (κ2) is 8.53. The maximum atomic E-state index is 12.8. The fourth-order valence-corrected chi connectivity index (χ4v) is 4.17. The molecule has 29 heavy (non-hydrogen) atoms. The Morgan fingerprint density at radius 1 is 1.07 bits per heavy atom. The number of benzene rings is 3. The molecule has 1 unspecified atom stereocenters. The van der Waals surface area contributed by atoms with Crippen molar-refractivity contribution in [3.8, 4) is 11.5 Å². The summed E-state index contributed by atoms with van der Waals surface area (Å²) in [7, 11) is 3.32. The SMILES string of the molecule is COc1ccc(C2CCCN2CC(=O)Nc2cccc3ccccc23)c(OC)c1. The van der Waals surface area contributed by atoms with Crippen molar-refractivity contribution in [2.75, 3.05) is 32.6 Å². The molecule has 5 heteroatoms. The molecule has 4 rings (SSSR count). The molecule has 3 aromatic rings.